The van der Waals surface area contributed by atoms with Gasteiger partial charge in [0.1, 0.15) is 12.3 Å². The van der Waals surface area contributed by atoms with E-state index < -0.39 is 17.1 Å². The Balaban J connectivity index is 2.08. The van der Waals surface area contributed by atoms with Crippen molar-refractivity contribution in [2.45, 2.75) is 13.8 Å². The molecule has 0 saturated carbocycles. The van der Waals surface area contributed by atoms with Crippen LogP contribution in [0.15, 0.2) is 34.7 Å². The Labute approximate surface area is 132 Å². The molecule has 0 aliphatic carbocycles. The van der Waals surface area contributed by atoms with Crippen molar-refractivity contribution >= 4 is 34.5 Å². The summed E-state index contributed by atoms with van der Waals surface area (Å²) in [6.07, 6.45) is 0. The minimum absolute atomic E-state index is 0.320. The number of thioether (sulfide) groups is 1. The first-order valence-electron chi connectivity index (χ1n) is 6.58. The average Bonchev–Trinajstić information content (AvgIpc) is 2.76. The normalized spacial score (nSPS) is 14.3. The number of benzene rings is 1. The monoisotopic (exact) mass is 320 g/mol. The molecule has 7 heteroatoms. The molecular formula is C15H16N2O4S. The average molecular weight is 320 g/mol. The maximum Gasteiger partial charge on any atom is 0.294 e. The van der Waals surface area contributed by atoms with Gasteiger partial charge in [0.15, 0.2) is 0 Å². The molecule has 116 valence electrons. The first-order chi connectivity index (χ1) is 10.4. The molecule has 3 amide bonds. The van der Waals surface area contributed by atoms with E-state index in [1.807, 2.05) is 0 Å². The van der Waals surface area contributed by atoms with Crippen LogP contribution in [-0.4, -0.2) is 35.6 Å². The maximum absolute atomic E-state index is 12.1. The second kappa shape index (κ2) is 6.65. The van der Waals surface area contributed by atoms with E-state index in [0.717, 1.165) is 22.2 Å². The largest absolute Gasteiger partial charge is 0.495 e. The van der Waals surface area contributed by atoms with Crippen LogP contribution >= 0.6 is 11.8 Å². The molecule has 1 fully saturated rings. The Morgan fingerprint density at radius 1 is 1.27 bits per heavy atom. The number of nitrogens with zero attached hydrogens (tertiary/aromatic N) is 1. The van der Waals surface area contributed by atoms with E-state index in [-0.39, 0.29) is 6.54 Å². The van der Waals surface area contributed by atoms with Gasteiger partial charge in [-0.25, -0.2) is 0 Å². The molecular weight excluding hydrogens is 304 g/mol. The fourth-order valence-corrected chi connectivity index (χ4v) is 2.76. The highest BCUT2D eigenvalue weighted by Gasteiger charge is 2.36. The van der Waals surface area contributed by atoms with Crippen molar-refractivity contribution in [1.82, 2.24) is 4.90 Å². The maximum atomic E-state index is 12.1. The number of methoxy groups -OCH3 is 1. The molecule has 0 spiro atoms. The Bertz CT molecular complexity index is 665. The van der Waals surface area contributed by atoms with Crippen molar-refractivity contribution in [3.05, 3.63) is 34.7 Å². The van der Waals surface area contributed by atoms with Gasteiger partial charge in [-0.05, 0) is 37.7 Å². The van der Waals surface area contributed by atoms with Crippen molar-refractivity contribution < 1.29 is 19.1 Å². The van der Waals surface area contributed by atoms with E-state index in [2.05, 4.69) is 5.32 Å². The molecule has 1 aromatic rings. The molecule has 1 heterocycles. The number of hydrogen-bond donors (Lipinski definition) is 1. The van der Waals surface area contributed by atoms with Crippen molar-refractivity contribution in [3.63, 3.8) is 0 Å². The van der Waals surface area contributed by atoms with Crippen LogP contribution in [0.3, 0.4) is 0 Å². The van der Waals surface area contributed by atoms with Crippen LogP contribution in [0.4, 0.5) is 10.5 Å². The zero-order valence-electron chi connectivity index (χ0n) is 12.5. The van der Waals surface area contributed by atoms with Gasteiger partial charge in [-0.1, -0.05) is 17.7 Å². The number of para-hydroxylation sites is 2. The number of rotatable bonds is 4. The van der Waals surface area contributed by atoms with Crippen molar-refractivity contribution in [3.8, 4) is 5.75 Å². The van der Waals surface area contributed by atoms with E-state index >= 15 is 0 Å². The summed E-state index contributed by atoms with van der Waals surface area (Å²) in [5.41, 5.74) is 1.25. The molecule has 22 heavy (non-hydrogen) atoms. The van der Waals surface area contributed by atoms with E-state index in [0.29, 0.717) is 16.3 Å². The number of allylic oxidation sites excluding steroid dienone is 1. The summed E-state index contributed by atoms with van der Waals surface area (Å²) in [5, 5.41) is 2.20. The van der Waals surface area contributed by atoms with Crippen LogP contribution in [0.1, 0.15) is 13.8 Å². The van der Waals surface area contributed by atoms with Gasteiger partial charge in [0.2, 0.25) is 5.91 Å². The minimum Gasteiger partial charge on any atom is -0.495 e. The van der Waals surface area contributed by atoms with Gasteiger partial charge in [0.25, 0.3) is 11.1 Å². The summed E-state index contributed by atoms with van der Waals surface area (Å²) in [7, 11) is 1.50. The van der Waals surface area contributed by atoms with E-state index in [1.165, 1.54) is 7.11 Å². The molecule has 6 nitrogen and oxygen atoms in total. The molecule has 1 saturated heterocycles. The van der Waals surface area contributed by atoms with Crippen molar-refractivity contribution in [2.75, 3.05) is 19.0 Å². The van der Waals surface area contributed by atoms with Crippen LogP contribution in [0.25, 0.3) is 0 Å². The molecule has 0 radical (unpaired) electrons. The standard InChI is InChI=1S/C15H16N2O4S/c1-9(2)13-14(19)17(15(20)22-13)8-12(18)16-10-6-4-5-7-11(10)21-3/h4-7H,8H2,1-3H3,(H,16,18). The molecule has 0 unspecified atom stereocenters. The van der Waals surface area contributed by atoms with E-state index in [9.17, 15) is 14.4 Å². The van der Waals surface area contributed by atoms with Gasteiger partial charge < -0.3 is 10.1 Å². The zero-order chi connectivity index (χ0) is 16.3. The molecule has 1 aliphatic rings. The lowest BCUT2D eigenvalue weighted by molar-refractivity contribution is -0.127. The summed E-state index contributed by atoms with van der Waals surface area (Å²) in [6, 6.07) is 6.92. The molecule has 2 rings (SSSR count). The van der Waals surface area contributed by atoms with Gasteiger partial charge in [0, 0.05) is 0 Å². The number of carbonyl (C=O) groups is 3. The highest BCUT2D eigenvalue weighted by Crippen LogP contribution is 2.32. The van der Waals surface area contributed by atoms with Crippen LogP contribution in [0.2, 0.25) is 0 Å². The quantitative estimate of drug-likeness (QED) is 0.863. The molecule has 1 N–H and O–H groups in total. The third-order valence-electron chi connectivity index (χ3n) is 2.99. The fourth-order valence-electron chi connectivity index (χ4n) is 1.93. The van der Waals surface area contributed by atoms with Gasteiger partial charge in [-0.2, -0.15) is 0 Å². The number of nitrogens with one attached hydrogen (secondary N) is 1. The molecule has 0 aromatic heterocycles. The first-order valence-corrected chi connectivity index (χ1v) is 7.39. The van der Waals surface area contributed by atoms with Crippen LogP contribution < -0.4 is 10.1 Å². The lowest BCUT2D eigenvalue weighted by Gasteiger charge is -2.14. The first kappa shape index (κ1) is 16.1. The highest BCUT2D eigenvalue weighted by atomic mass is 32.2. The van der Waals surface area contributed by atoms with Crippen molar-refractivity contribution in [2.24, 2.45) is 0 Å². The SMILES string of the molecule is COc1ccccc1NC(=O)CN1C(=O)SC(=C(C)C)C1=O. The zero-order valence-corrected chi connectivity index (χ0v) is 13.3. The number of hydrogen-bond acceptors (Lipinski definition) is 5. The summed E-state index contributed by atoms with van der Waals surface area (Å²) in [5.74, 6) is -0.374. The summed E-state index contributed by atoms with van der Waals surface area (Å²) >= 11 is 0.858. The van der Waals surface area contributed by atoms with Gasteiger partial charge >= 0.3 is 0 Å². The Morgan fingerprint density at radius 2 is 1.95 bits per heavy atom. The number of anilines is 1. The lowest BCUT2D eigenvalue weighted by Crippen LogP contribution is -2.36. The van der Waals surface area contributed by atoms with Gasteiger partial charge in [0.05, 0.1) is 17.7 Å². The summed E-state index contributed by atoms with van der Waals surface area (Å²) in [4.78, 5) is 37.3. The number of carbonyl (C=O) groups excluding carboxylic acids is 3. The lowest BCUT2D eigenvalue weighted by atomic mass is 10.3. The topological polar surface area (TPSA) is 75.7 Å². The molecule has 1 aliphatic heterocycles. The van der Waals surface area contributed by atoms with Crippen LogP contribution in [0, 0.1) is 0 Å². The minimum atomic E-state index is -0.457. The molecule has 0 bridgehead atoms. The molecule has 1 aromatic carbocycles. The number of ether oxygens (including phenoxy) is 1. The second-order valence-electron chi connectivity index (χ2n) is 4.84. The van der Waals surface area contributed by atoms with Crippen LogP contribution in [0.5, 0.6) is 5.75 Å². The molecule has 0 atom stereocenters. The van der Waals surface area contributed by atoms with E-state index in [4.69, 9.17) is 4.74 Å². The smallest absolute Gasteiger partial charge is 0.294 e. The predicted molar refractivity (Wildman–Crippen MR) is 84.7 cm³/mol. The van der Waals surface area contributed by atoms with Crippen LogP contribution in [-0.2, 0) is 9.59 Å². The van der Waals surface area contributed by atoms with Gasteiger partial charge in [-0.3, -0.25) is 19.3 Å². The Kier molecular flexibility index (Phi) is 4.87. The summed E-state index contributed by atoms with van der Waals surface area (Å²) < 4.78 is 5.13. The number of amides is 3. The fraction of sp³-hybridized carbons (Fsp3) is 0.267. The van der Waals surface area contributed by atoms with Crippen molar-refractivity contribution in [1.29, 1.82) is 0 Å². The Hall–Kier alpha value is -2.28. The summed E-state index contributed by atoms with van der Waals surface area (Å²) in [6.45, 7) is 3.19. The third-order valence-corrected chi connectivity index (χ3v) is 4.17. The third kappa shape index (κ3) is 3.30. The highest BCUT2D eigenvalue weighted by molar-refractivity contribution is 8.18. The van der Waals surface area contributed by atoms with E-state index in [1.54, 1.807) is 38.1 Å². The number of imide groups is 1. The Morgan fingerprint density at radius 3 is 2.55 bits per heavy atom. The second-order valence-corrected chi connectivity index (χ2v) is 5.80. The predicted octanol–water partition coefficient (Wildman–Crippen LogP) is 2.62. The van der Waals surface area contributed by atoms with Gasteiger partial charge in [-0.15, -0.1) is 0 Å².